The molecule has 1 saturated carbocycles. The first kappa shape index (κ1) is 16.4. The van der Waals surface area contributed by atoms with Crippen molar-refractivity contribution in [3.63, 3.8) is 0 Å². The van der Waals surface area contributed by atoms with Crippen LogP contribution in [-0.4, -0.2) is 6.04 Å². The predicted octanol–water partition coefficient (Wildman–Crippen LogP) is 6.22. The maximum Gasteiger partial charge on any atom is 0.0342 e. The normalized spacial score (nSPS) is 24.6. The van der Waals surface area contributed by atoms with E-state index in [4.69, 9.17) is 0 Å². The highest BCUT2D eigenvalue weighted by Crippen LogP contribution is 2.39. The van der Waals surface area contributed by atoms with Gasteiger partial charge in [0.05, 0.1) is 0 Å². The summed E-state index contributed by atoms with van der Waals surface area (Å²) in [5.41, 5.74) is 3.15. The van der Waals surface area contributed by atoms with Gasteiger partial charge in [0.15, 0.2) is 0 Å². The third kappa shape index (κ3) is 4.25. The van der Waals surface area contributed by atoms with E-state index in [1.54, 1.807) is 0 Å². The molecule has 3 unspecified atom stereocenters. The highest BCUT2D eigenvalue weighted by Gasteiger charge is 2.33. The van der Waals surface area contributed by atoms with E-state index in [0.717, 1.165) is 5.92 Å². The maximum absolute atomic E-state index is 3.82. The van der Waals surface area contributed by atoms with Gasteiger partial charge in [-0.15, -0.1) is 0 Å². The molecule has 1 aromatic carbocycles. The molecule has 1 aromatic rings. The smallest absolute Gasteiger partial charge is 0.0342 e. The van der Waals surface area contributed by atoms with Crippen LogP contribution >= 0.6 is 0 Å². The van der Waals surface area contributed by atoms with Crippen LogP contribution in [0.5, 0.6) is 0 Å². The number of anilines is 1. The predicted molar refractivity (Wildman–Crippen MR) is 94.0 cm³/mol. The second-order valence-electron chi connectivity index (χ2n) is 7.94. The van der Waals surface area contributed by atoms with Gasteiger partial charge in [0.2, 0.25) is 0 Å². The molecule has 0 spiro atoms. The number of hydrogen-bond acceptors (Lipinski definition) is 1. The minimum Gasteiger partial charge on any atom is -0.382 e. The van der Waals surface area contributed by atoms with E-state index in [1.807, 2.05) is 0 Å². The molecule has 1 fully saturated rings. The molecule has 1 aliphatic rings. The van der Waals surface area contributed by atoms with Crippen LogP contribution in [0, 0.1) is 11.3 Å². The van der Waals surface area contributed by atoms with E-state index in [1.165, 1.54) is 43.4 Å². The van der Waals surface area contributed by atoms with Gasteiger partial charge in [-0.1, -0.05) is 59.6 Å². The molecule has 1 heteroatoms. The van der Waals surface area contributed by atoms with Crippen molar-refractivity contribution < 1.29 is 0 Å². The summed E-state index contributed by atoms with van der Waals surface area (Å²) in [6.07, 6.45) is 6.66. The zero-order valence-electron chi connectivity index (χ0n) is 14.6. The fourth-order valence-corrected chi connectivity index (χ4v) is 3.70. The van der Waals surface area contributed by atoms with Gasteiger partial charge in [-0.05, 0) is 54.2 Å². The molecule has 1 nitrogen and oxygen atoms in total. The molecule has 0 bridgehead atoms. The Kier molecular flexibility index (Phi) is 5.35. The first-order valence-electron chi connectivity index (χ1n) is 8.78. The van der Waals surface area contributed by atoms with Crippen LogP contribution in [-0.2, 0) is 0 Å². The summed E-state index contributed by atoms with van der Waals surface area (Å²) in [7, 11) is 0. The summed E-state index contributed by atoms with van der Waals surface area (Å²) < 4.78 is 0. The standard InChI is InChI=1S/C20H33N/c1-6-15(2)16-11-13-17(14-12-16)21-19-10-8-7-9-18(19)20(3,4)5/h11-15,18-19,21H,6-10H2,1-5H3. The van der Waals surface area contributed by atoms with E-state index >= 15 is 0 Å². The molecule has 0 radical (unpaired) electrons. The van der Waals surface area contributed by atoms with Gasteiger partial charge >= 0.3 is 0 Å². The Morgan fingerprint density at radius 3 is 2.29 bits per heavy atom. The van der Waals surface area contributed by atoms with Crippen LogP contribution in [0.15, 0.2) is 24.3 Å². The number of nitrogens with one attached hydrogen (secondary N) is 1. The molecular formula is C20H33N. The Hall–Kier alpha value is -0.980. The summed E-state index contributed by atoms with van der Waals surface area (Å²) in [6, 6.07) is 9.77. The van der Waals surface area contributed by atoms with Gasteiger partial charge in [0.25, 0.3) is 0 Å². The van der Waals surface area contributed by atoms with E-state index in [9.17, 15) is 0 Å². The van der Waals surface area contributed by atoms with Gasteiger partial charge < -0.3 is 5.32 Å². The first-order valence-corrected chi connectivity index (χ1v) is 8.78. The molecule has 21 heavy (non-hydrogen) atoms. The molecule has 0 aliphatic heterocycles. The molecule has 1 aliphatic carbocycles. The average Bonchev–Trinajstić information content (AvgIpc) is 2.47. The Morgan fingerprint density at radius 1 is 1.10 bits per heavy atom. The number of rotatable bonds is 4. The summed E-state index contributed by atoms with van der Waals surface area (Å²) in [6.45, 7) is 11.7. The van der Waals surface area contributed by atoms with Gasteiger partial charge in [0, 0.05) is 11.7 Å². The third-order valence-corrected chi connectivity index (χ3v) is 5.32. The van der Waals surface area contributed by atoms with Crippen molar-refractivity contribution in [2.45, 2.75) is 78.7 Å². The lowest BCUT2D eigenvalue weighted by molar-refractivity contribution is 0.163. The summed E-state index contributed by atoms with van der Waals surface area (Å²) >= 11 is 0. The van der Waals surface area contributed by atoms with Crippen molar-refractivity contribution in [1.29, 1.82) is 0 Å². The number of benzene rings is 1. The second kappa shape index (κ2) is 6.85. The third-order valence-electron chi connectivity index (χ3n) is 5.32. The fraction of sp³-hybridized carbons (Fsp3) is 0.700. The molecule has 0 heterocycles. The lowest BCUT2D eigenvalue weighted by Gasteiger charge is -2.41. The topological polar surface area (TPSA) is 12.0 Å². The summed E-state index contributed by atoms with van der Waals surface area (Å²) in [5.74, 6) is 1.44. The van der Waals surface area contributed by atoms with Gasteiger partial charge in [0.1, 0.15) is 0 Å². The minimum atomic E-state index is 0.398. The average molecular weight is 287 g/mol. The second-order valence-corrected chi connectivity index (χ2v) is 7.94. The molecule has 118 valence electrons. The van der Waals surface area contributed by atoms with Crippen molar-refractivity contribution >= 4 is 5.69 Å². The van der Waals surface area contributed by atoms with E-state index < -0.39 is 0 Å². The minimum absolute atomic E-state index is 0.398. The lowest BCUT2D eigenvalue weighted by Crippen LogP contribution is -2.39. The Labute approximate surface area is 131 Å². The van der Waals surface area contributed by atoms with Crippen LogP contribution in [0.4, 0.5) is 5.69 Å². The summed E-state index contributed by atoms with van der Waals surface area (Å²) in [4.78, 5) is 0. The quantitative estimate of drug-likeness (QED) is 0.693. The first-order chi connectivity index (χ1) is 9.91. The summed E-state index contributed by atoms with van der Waals surface area (Å²) in [5, 5.41) is 3.82. The molecule has 0 saturated heterocycles. The zero-order valence-corrected chi connectivity index (χ0v) is 14.6. The van der Waals surface area contributed by atoms with E-state index in [2.05, 4.69) is 64.2 Å². The Morgan fingerprint density at radius 2 is 1.71 bits per heavy atom. The van der Waals surface area contributed by atoms with Crippen molar-refractivity contribution in [3.8, 4) is 0 Å². The van der Waals surface area contributed by atoms with Crippen LogP contribution in [0.3, 0.4) is 0 Å². The van der Waals surface area contributed by atoms with Crippen molar-refractivity contribution in [1.82, 2.24) is 0 Å². The van der Waals surface area contributed by atoms with Crippen LogP contribution in [0.1, 0.15) is 78.2 Å². The lowest BCUT2D eigenvalue weighted by atomic mass is 9.69. The fourth-order valence-electron chi connectivity index (χ4n) is 3.70. The van der Waals surface area contributed by atoms with Crippen molar-refractivity contribution in [2.75, 3.05) is 5.32 Å². The van der Waals surface area contributed by atoms with E-state index in [-0.39, 0.29) is 0 Å². The monoisotopic (exact) mass is 287 g/mol. The van der Waals surface area contributed by atoms with Crippen molar-refractivity contribution in [2.24, 2.45) is 11.3 Å². The van der Waals surface area contributed by atoms with Gasteiger partial charge in [-0.25, -0.2) is 0 Å². The Bertz CT molecular complexity index is 426. The molecule has 2 rings (SSSR count). The molecule has 1 N–H and O–H groups in total. The van der Waals surface area contributed by atoms with E-state index in [0.29, 0.717) is 17.4 Å². The van der Waals surface area contributed by atoms with Crippen LogP contribution < -0.4 is 5.32 Å². The van der Waals surface area contributed by atoms with Gasteiger partial charge in [-0.2, -0.15) is 0 Å². The SMILES string of the molecule is CCC(C)c1ccc(NC2CCCCC2C(C)(C)C)cc1. The molecule has 0 aromatic heterocycles. The number of hydrogen-bond donors (Lipinski definition) is 1. The van der Waals surface area contributed by atoms with Crippen LogP contribution in [0.25, 0.3) is 0 Å². The largest absolute Gasteiger partial charge is 0.382 e. The van der Waals surface area contributed by atoms with Crippen molar-refractivity contribution in [3.05, 3.63) is 29.8 Å². The Balaban J connectivity index is 2.05. The highest BCUT2D eigenvalue weighted by atomic mass is 14.9. The zero-order chi connectivity index (χ0) is 15.5. The molecule has 3 atom stereocenters. The van der Waals surface area contributed by atoms with Gasteiger partial charge in [-0.3, -0.25) is 0 Å². The highest BCUT2D eigenvalue weighted by molar-refractivity contribution is 5.46. The van der Waals surface area contributed by atoms with Crippen LogP contribution in [0.2, 0.25) is 0 Å². The molecular weight excluding hydrogens is 254 g/mol. The molecule has 0 amide bonds. The maximum atomic E-state index is 3.82.